The Hall–Kier alpha value is -2.16. The van der Waals surface area contributed by atoms with Crippen LogP contribution in [-0.4, -0.2) is 22.3 Å². The van der Waals surface area contributed by atoms with Crippen molar-refractivity contribution in [2.45, 2.75) is 32.7 Å². The van der Waals surface area contributed by atoms with E-state index in [-0.39, 0.29) is 11.9 Å². The van der Waals surface area contributed by atoms with E-state index in [1.54, 1.807) is 6.20 Å². The molecule has 1 aliphatic rings. The Morgan fingerprint density at radius 2 is 2.05 bits per heavy atom. The van der Waals surface area contributed by atoms with E-state index < -0.39 is 0 Å². The summed E-state index contributed by atoms with van der Waals surface area (Å²) in [6.07, 6.45) is 3.83. The summed E-state index contributed by atoms with van der Waals surface area (Å²) in [5.74, 6) is 0.117. The number of hydrogen-bond acceptors (Lipinski definition) is 2. The summed E-state index contributed by atoms with van der Waals surface area (Å²) in [6, 6.07) is 12.0. The molecule has 3 rings (SSSR count). The fourth-order valence-electron chi connectivity index (χ4n) is 2.93. The second-order valence-electron chi connectivity index (χ2n) is 5.71. The molecule has 1 aromatic carbocycles. The van der Waals surface area contributed by atoms with E-state index >= 15 is 0 Å². The number of carbonyl (C=O) groups excluding carboxylic acids is 1. The minimum absolute atomic E-state index is 0.111. The molecule has 0 radical (unpaired) electrons. The monoisotopic (exact) mass is 280 g/mol. The van der Waals surface area contributed by atoms with E-state index in [1.165, 1.54) is 5.56 Å². The number of aryl methyl sites for hydroxylation is 2. The molecule has 2 heterocycles. The normalized spacial score (nSPS) is 18.0. The highest BCUT2D eigenvalue weighted by atomic mass is 16.2. The number of likely N-dealkylation sites (tertiary alicyclic amines) is 1. The van der Waals surface area contributed by atoms with Gasteiger partial charge < -0.3 is 4.90 Å². The van der Waals surface area contributed by atoms with Crippen LogP contribution in [0.3, 0.4) is 0 Å². The second kappa shape index (κ2) is 5.68. The van der Waals surface area contributed by atoms with E-state index in [2.05, 4.69) is 11.9 Å². The van der Waals surface area contributed by atoms with E-state index in [4.69, 9.17) is 0 Å². The summed E-state index contributed by atoms with van der Waals surface area (Å²) in [4.78, 5) is 19.2. The molecular weight excluding hydrogens is 260 g/mol. The van der Waals surface area contributed by atoms with Gasteiger partial charge in [-0.3, -0.25) is 9.78 Å². The number of pyridine rings is 1. The molecule has 0 aliphatic carbocycles. The number of rotatable bonds is 2. The number of aromatic nitrogens is 1. The van der Waals surface area contributed by atoms with Gasteiger partial charge in [0.25, 0.3) is 5.91 Å². The standard InChI is InChI=1S/C18H20N2O/c1-13-8-9-15(12-14(13)2)18(21)20-11-5-7-17(20)16-6-3-4-10-19-16/h3-4,6,8-10,12,17H,5,7,11H2,1-2H3. The van der Waals surface area contributed by atoms with Gasteiger partial charge in [-0.1, -0.05) is 12.1 Å². The zero-order valence-electron chi connectivity index (χ0n) is 12.5. The Morgan fingerprint density at radius 3 is 2.76 bits per heavy atom. The van der Waals surface area contributed by atoms with Crippen LogP contribution in [0.5, 0.6) is 0 Å². The maximum absolute atomic E-state index is 12.8. The molecule has 1 amide bonds. The van der Waals surface area contributed by atoms with Crippen LogP contribution in [0.1, 0.15) is 46.1 Å². The van der Waals surface area contributed by atoms with Crippen LogP contribution in [0, 0.1) is 13.8 Å². The number of carbonyl (C=O) groups is 1. The first-order valence-electron chi connectivity index (χ1n) is 7.46. The van der Waals surface area contributed by atoms with E-state index in [0.29, 0.717) is 0 Å². The van der Waals surface area contributed by atoms with Crippen molar-refractivity contribution in [3.05, 3.63) is 65.0 Å². The molecule has 108 valence electrons. The molecule has 1 atom stereocenters. The number of amides is 1. The quantitative estimate of drug-likeness (QED) is 0.841. The lowest BCUT2D eigenvalue weighted by Gasteiger charge is -2.24. The van der Waals surface area contributed by atoms with Gasteiger partial charge in [0.05, 0.1) is 11.7 Å². The summed E-state index contributed by atoms with van der Waals surface area (Å²) in [7, 11) is 0. The van der Waals surface area contributed by atoms with Gasteiger partial charge >= 0.3 is 0 Å². The van der Waals surface area contributed by atoms with Crippen LogP contribution in [0.4, 0.5) is 0 Å². The summed E-state index contributed by atoms with van der Waals surface area (Å²) in [5.41, 5.74) is 4.15. The Balaban J connectivity index is 1.88. The molecule has 0 spiro atoms. The first-order chi connectivity index (χ1) is 10.2. The van der Waals surface area contributed by atoms with Gasteiger partial charge in [0.1, 0.15) is 0 Å². The Kier molecular flexibility index (Phi) is 3.74. The molecule has 0 N–H and O–H groups in total. The zero-order chi connectivity index (χ0) is 14.8. The van der Waals surface area contributed by atoms with Crippen molar-refractivity contribution >= 4 is 5.91 Å². The number of nitrogens with zero attached hydrogens (tertiary/aromatic N) is 2. The Labute approximate surface area is 125 Å². The number of hydrogen-bond donors (Lipinski definition) is 0. The third kappa shape index (κ3) is 2.68. The van der Waals surface area contributed by atoms with Crippen molar-refractivity contribution in [1.82, 2.24) is 9.88 Å². The first-order valence-corrected chi connectivity index (χ1v) is 7.46. The van der Waals surface area contributed by atoms with Crippen LogP contribution in [0.15, 0.2) is 42.6 Å². The topological polar surface area (TPSA) is 33.2 Å². The highest BCUT2D eigenvalue weighted by Crippen LogP contribution is 2.32. The Bertz CT molecular complexity index is 652. The fraction of sp³-hybridized carbons (Fsp3) is 0.333. The average molecular weight is 280 g/mol. The lowest BCUT2D eigenvalue weighted by molar-refractivity contribution is 0.0733. The van der Waals surface area contributed by atoms with Crippen molar-refractivity contribution in [3.63, 3.8) is 0 Å². The molecule has 1 saturated heterocycles. The molecule has 1 unspecified atom stereocenters. The smallest absolute Gasteiger partial charge is 0.254 e. The fourth-order valence-corrected chi connectivity index (χ4v) is 2.93. The summed E-state index contributed by atoms with van der Waals surface area (Å²) in [6.45, 7) is 4.93. The maximum Gasteiger partial charge on any atom is 0.254 e. The SMILES string of the molecule is Cc1ccc(C(=O)N2CCCC2c2ccccn2)cc1C. The zero-order valence-corrected chi connectivity index (χ0v) is 12.5. The van der Waals surface area contributed by atoms with Gasteiger partial charge in [0, 0.05) is 18.3 Å². The molecule has 0 saturated carbocycles. The molecular formula is C18H20N2O. The van der Waals surface area contributed by atoms with Crippen molar-refractivity contribution in [3.8, 4) is 0 Å². The van der Waals surface area contributed by atoms with Gasteiger partial charge in [-0.15, -0.1) is 0 Å². The molecule has 1 aliphatic heterocycles. The van der Waals surface area contributed by atoms with Crippen LogP contribution in [0.2, 0.25) is 0 Å². The lowest BCUT2D eigenvalue weighted by atomic mass is 10.0. The van der Waals surface area contributed by atoms with Gasteiger partial charge in [0.2, 0.25) is 0 Å². The Morgan fingerprint density at radius 1 is 1.19 bits per heavy atom. The predicted octanol–water partition coefficient (Wildman–Crippen LogP) is 3.68. The first kappa shape index (κ1) is 13.8. The van der Waals surface area contributed by atoms with Gasteiger partial charge in [-0.25, -0.2) is 0 Å². The predicted molar refractivity (Wildman–Crippen MR) is 83.2 cm³/mol. The van der Waals surface area contributed by atoms with Crippen LogP contribution in [-0.2, 0) is 0 Å². The highest BCUT2D eigenvalue weighted by Gasteiger charge is 2.31. The second-order valence-corrected chi connectivity index (χ2v) is 5.71. The van der Waals surface area contributed by atoms with Crippen LogP contribution >= 0.6 is 0 Å². The largest absolute Gasteiger partial charge is 0.330 e. The lowest BCUT2D eigenvalue weighted by Crippen LogP contribution is -2.31. The summed E-state index contributed by atoms with van der Waals surface area (Å²) >= 11 is 0. The molecule has 2 aromatic rings. The van der Waals surface area contributed by atoms with E-state index in [1.807, 2.05) is 48.2 Å². The molecule has 1 aromatic heterocycles. The average Bonchev–Trinajstić information content (AvgIpc) is 2.99. The van der Waals surface area contributed by atoms with Crippen molar-refractivity contribution in [1.29, 1.82) is 0 Å². The third-order valence-corrected chi connectivity index (χ3v) is 4.30. The molecule has 0 bridgehead atoms. The van der Waals surface area contributed by atoms with Crippen LogP contribution < -0.4 is 0 Å². The highest BCUT2D eigenvalue weighted by molar-refractivity contribution is 5.95. The molecule has 1 fully saturated rings. The summed E-state index contributed by atoms with van der Waals surface area (Å²) in [5, 5.41) is 0. The molecule has 21 heavy (non-hydrogen) atoms. The van der Waals surface area contributed by atoms with Crippen molar-refractivity contribution in [2.75, 3.05) is 6.54 Å². The van der Waals surface area contributed by atoms with E-state index in [0.717, 1.165) is 36.2 Å². The molecule has 3 heteroatoms. The maximum atomic E-state index is 12.8. The van der Waals surface area contributed by atoms with Gasteiger partial charge in [-0.05, 0) is 62.1 Å². The third-order valence-electron chi connectivity index (χ3n) is 4.30. The van der Waals surface area contributed by atoms with Crippen molar-refractivity contribution in [2.24, 2.45) is 0 Å². The van der Waals surface area contributed by atoms with Gasteiger partial charge in [-0.2, -0.15) is 0 Å². The van der Waals surface area contributed by atoms with Gasteiger partial charge in [0.15, 0.2) is 0 Å². The minimum atomic E-state index is 0.111. The van der Waals surface area contributed by atoms with E-state index in [9.17, 15) is 4.79 Å². The number of benzene rings is 1. The molecule has 3 nitrogen and oxygen atoms in total. The van der Waals surface area contributed by atoms with Crippen molar-refractivity contribution < 1.29 is 4.79 Å². The summed E-state index contributed by atoms with van der Waals surface area (Å²) < 4.78 is 0. The minimum Gasteiger partial charge on any atom is -0.330 e. The van der Waals surface area contributed by atoms with Crippen LogP contribution in [0.25, 0.3) is 0 Å².